The molecule has 0 atom stereocenters. The van der Waals surface area contributed by atoms with Crippen LogP contribution in [-0.2, 0) is 4.74 Å². The minimum Gasteiger partial charge on any atom is -0.394 e. The molecule has 0 aromatic carbocycles. The Morgan fingerprint density at radius 3 is 1.54 bits per heavy atom. The van der Waals surface area contributed by atoms with Crippen LogP contribution in [0.2, 0.25) is 0 Å². The molecule has 0 heterocycles. The molecule has 0 aromatic rings. The molecule has 5 nitrogen and oxygen atoms in total. The highest BCUT2D eigenvalue weighted by Crippen LogP contribution is 1.89. The Labute approximate surface area is 79.1 Å². The first kappa shape index (κ1) is 15.3. The summed E-state index contributed by atoms with van der Waals surface area (Å²) in [6.07, 6.45) is 0. The van der Waals surface area contributed by atoms with Crippen LogP contribution in [0.15, 0.2) is 0 Å². The molecule has 0 radical (unpaired) electrons. The van der Waals surface area contributed by atoms with Crippen molar-refractivity contribution in [1.82, 2.24) is 0 Å². The normalized spacial score (nSPS) is 10.6. The van der Waals surface area contributed by atoms with Crippen LogP contribution in [0.25, 0.3) is 0 Å². The molecule has 0 saturated carbocycles. The van der Waals surface area contributed by atoms with E-state index < -0.39 is 5.54 Å². The van der Waals surface area contributed by atoms with E-state index in [0.717, 1.165) is 0 Å². The molecule has 82 valence electrons. The fourth-order valence-corrected chi connectivity index (χ4v) is 0.231. The number of ether oxygens (including phenoxy) is 1. The largest absolute Gasteiger partial charge is 0.394 e. The Hall–Kier alpha value is -0.200. The van der Waals surface area contributed by atoms with Gasteiger partial charge >= 0.3 is 0 Å². The summed E-state index contributed by atoms with van der Waals surface area (Å²) in [5, 5.41) is 24.5. The van der Waals surface area contributed by atoms with Crippen molar-refractivity contribution in [2.45, 2.75) is 19.4 Å². The third-order valence-corrected chi connectivity index (χ3v) is 0.879. The van der Waals surface area contributed by atoms with Crippen molar-refractivity contribution in [2.75, 3.05) is 33.0 Å². The van der Waals surface area contributed by atoms with Crippen LogP contribution in [-0.4, -0.2) is 53.9 Å². The average Bonchev–Trinajstić information content (AvgIpc) is 2.06. The van der Waals surface area contributed by atoms with Gasteiger partial charge in [0.25, 0.3) is 0 Å². The molecule has 0 fully saturated rings. The van der Waals surface area contributed by atoms with E-state index in [2.05, 4.69) is 4.74 Å². The van der Waals surface area contributed by atoms with Crippen LogP contribution in [0.1, 0.15) is 13.8 Å². The Bertz CT molecular complexity index is 88.6. The maximum absolute atomic E-state index is 8.28. The minimum atomic E-state index is -0.403. The smallest absolute Gasteiger partial charge is 0.0698 e. The van der Waals surface area contributed by atoms with Crippen molar-refractivity contribution in [3.05, 3.63) is 0 Å². The summed E-state index contributed by atoms with van der Waals surface area (Å²) in [5.41, 5.74) is 4.88. The molecule has 0 bridgehead atoms. The summed E-state index contributed by atoms with van der Waals surface area (Å²) < 4.78 is 4.63. The van der Waals surface area contributed by atoms with Gasteiger partial charge < -0.3 is 25.8 Å². The first-order valence-electron chi connectivity index (χ1n) is 4.17. The average molecular weight is 195 g/mol. The summed E-state index contributed by atoms with van der Waals surface area (Å²) in [6, 6.07) is 0. The predicted octanol–water partition coefficient (Wildman–Crippen LogP) is -1.30. The van der Waals surface area contributed by atoms with Gasteiger partial charge in [0.2, 0.25) is 0 Å². The van der Waals surface area contributed by atoms with Gasteiger partial charge in [-0.05, 0) is 13.8 Å². The zero-order chi connectivity index (χ0) is 10.7. The Kier molecular flexibility index (Phi) is 11.6. The molecule has 0 unspecified atom stereocenters. The van der Waals surface area contributed by atoms with Gasteiger partial charge in [0.15, 0.2) is 0 Å². The van der Waals surface area contributed by atoms with E-state index in [0.29, 0.717) is 13.2 Å². The highest BCUT2D eigenvalue weighted by Gasteiger charge is 2.05. The predicted molar refractivity (Wildman–Crippen MR) is 50.3 cm³/mol. The van der Waals surface area contributed by atoms with E-state index in [4.69, 9.17) is 21.1 Å². The molecular weight excluding hydrogens is 174 g/mol. The number of rotatable bonds is 5. The lowest BCUT2D eigenvalue weighted by atomic mass is 10.1. The maximum atomic E-state index is 8.28. The molecule has 0 aromatic heterocycles. The molecule has 0 aliphatic rings. The van der Waals surface area contributed by atoms with Gasteiger partial charge in [-0.1, -0.05) is 0 Å². The summed E-state index contributed by atoms with van der Waals surface area (Å²) >= 11 is 0. The zero-order valence-corrected chi connectivity index (χ0v) is 8.36. The Morgan fingerprint density at radius 1 is 1.08 bits per heavy atom. The van der Waals surface area contributed by atoms with E-state index in [1.54, 1.807) is 13.8 Å². The van der Waals surface area contributed by atoms with Gasteiger partial charge in [0.1, 0.15) is 0 Å². The summed E-state index contributed by atoms with van der Waals surface area (Å²) in [6.45, 7) is 4.29. The molecule has 0 aliphatic carbocycles. The monoisotopic (exact) mass is 195 g/mol. The van der Waals surface area contributed by atoms with E-state index >= 15 is 0 Å². The van der Waals surface area contributed by atoms with Crippen LogP contribution >= 0.6 is 0 Å². The molecule has 13 heavy (non-hydrogen) atoms. The standard InChI is InChI=1S/C4H11NO.C4H10O3/c1-4(2,5)3-6;5-1-3-7-4-2-6/h6H,3,5H2,1-2H3;5-6H,1-4H2. The fourth-order valence-electron chi connectivity index (χ4n) is 0.231. The van der Waals surface area contributed by atoms with Crippen LogP contribution < -0.4 is 5.73 Å². The van der Waals surface area contributed by atoms with E-state index in [1.807, 2.05) is 0 Å². The number of nitrogens with two attached hydrogens (primary N) is 1. The van der Waals surface area contributed by atoms with Gasteiger partial charge in [-0.3, -0.25) is 0 Å². The summed E-state index contributed by atoms with van der Waals surface area (Å²) in [4.78, 5) is 0. The summed E-state index contributed by atoms with van der Waals surface area (Å²) in [5.74, 6) is 0. The first-order chi connectivity index (χ1) is 5.97. The first-order valence-corrected chi connectivity index (χ1v) is 4.17. The molecule has 5 heteroatoms. The molecule has 5 N–H and O–H groups in total. The fraction of sp³-hybridized carbons (Fsp3) is 1.00. The van der Waals surface area contributed by atoms with E-state index in [9.17, 15) is 0 Å². The van der Waals surface area contributed by atoms with Crippen molar-refractivity contribution in [3.8, 4) is 0 Å². The molecule has 0 spiro atoms. The lowest BCUT2D eigenvalue weighted by Crippen LogP contribution is -2.35. The second kappa shape index (κ2) is 9.88. The minimum absolute atomic E-state index is 0.0278. The van der Waals surface area contributed by atoms with E-state index in [-0.39, 0.29) is 19.8 Å². The van der Waals surface area contributed by atoms with Gasteiger partial charge in [0.05, 0.1) is 33.0 Å². The van der Waals surface area contributed by atoms with Gasteiger partial charge in [-0.25, -0.2) is 0 Å². The lowest BCUT2D eigenvalue weighted by molar-refractivity contribution is 0.0650. The number of hydrogen-bond acceptors (Lipinski definition) is 5. The summed E-state index contributed by atoms with van der Waals surface area (Å²) in [7, 11) is 0. The lowest BCUT2D eigenvalue weighted by Gasteiger charge is -2.12. The Morgan fingerprint density at radius 2 is 1.38 bits per heavy atom. The molecular formula is C8H21NO4. The number of aliphatic hydroxyl groups excluding tert-OH is 3. The molecule has 0 aliphatic heterocycles. The van der Waals surface area contributed by atoms with Crippen molar-refractivity contribution in [1.29, 1.82) is 0 Å². The van der Waals surface area contributed by atoms with Crippen molar-refractivity contribution in [2.24, 2.45) is 5.73 Å². The van der Waals surface area contributed by atoms with Crippen LogP contribution in [0.3, 0.4) is 0 Å². The third kappa shape index (κ3) is 24.5. The molecule has 0 rings (SSSR count). The quantitative estimate of drug-likeness (QED) is 0.409. The maximum Gasteiger partial charge on any atom is 0.0698 e. The van der Waals surface area contributed by atoms with Gasteiger partial charge in [-0.15, -0.1) is 0 Å². The van der Waals surface area contributed by atoms with Crippen LogP contribution in [0.5, 0.6) is 0 Å². The highest BCUT2D eigenvalue weighted by atomic mass is 16.5. The van der Waals surface area contributed by atoms with Crippen LogP contribution in [0.4, 0.5) is 0 Å². The van der Waals surface area contributed by atoms with Gasteiger partial charge in [-0.2, -0.15) is 0 Å². The van der Waals surface area contributed by atoms with Crippen molar-refractivity contribution >= 4 is 0 Å². The highest BCUT2D eigenvalue weighted by molar-refractivity contribution is 4.67. The van der Waals surface area contributed by atoms with Crippen molar-refractivity contribution in [3.63, 3.8) is 0 Å². The topological polar surface area (TPSA) is 95.9 Å². The van der Waals surface area contributed by atoms with Crippen molar-refractivity contribution < 1.29 is 20.1 Å². The molecule has 0 saturated heterocycles. The second-order valence-electron chi connectivity index (χ2n) is 3.21. The molecule has 0 amide bonds. The number of aliphatic hydroxyl groups is 3. The third-order valence-electron chi connectivity index (χ3n) is 0.879. The Balaban J connectivity index is 0. The van der Waals surface area contributed by atoms with E-state index in [1.165, 1.54) is 0 Å². The number of hydrogen-bond donors (Lipinski definition) is 4. The SMILES string of the molecule is CC(C)(N)CO.OCCOCCO. The van der Waals surface area contributed by atoms with Crippen LogP contribution in [0, 0.1) is 0 Å². The second-order valence-corrected chi connectivity index (χ2v) is 3.21. The zero-order valence-electron chi connectivity index (χ0n) is 8.36. The van der Waals surface area contributed by atoms with Gasteiger partial charge in [0, 0.05) is 5.54 Å².